The van der Waals surface area contributed by atoms with Crippen molar-refractivity contribution < 1.29 is 13.2 Å². The van der Waals surface area contributed by atoms with Crippen LogP contribution in [0, 0.1) is 0 Å². The van der Waals surface area contributed by atoms with Crippen LogP contribution in [0.3, 0.4) is 0 Å². The van der Waals surface area contributed by atoms with Crippen LogP contribution in [0.25, 0.3) is 0 Å². The molecular weight excluding hydrogens is 348 g/mol. The van der Waals surface area contributed by atoms with E-state index in [2.05, 4.69) is 19.2 Å². The topological polar surface area (TPSA) is 66.5 Å². The third-order valence-corrected chi connectivity index (χ3v) is 6.32. The van der Waals surface area contributed by atoms with Gasteiger partial charge in [0.2, 0.25) is 10.0 Å². The Kier molecular flexibility index (Phi) is 6.56. The summed E-state index contributed by atoms with van der Waals surface area (Å²) in [6, 6.07) is 13.8. The molecule has 0 aliphatic carbocycles. The number of hydrogen-bond donors (Lipinski definition) is 1. The molecule has 2 rings (SSSR count). The average Bonchev–Trinajstić information content (AvgIpc) is 2.63. The van der Waals surface area contributed by atoms with Gasteiger partial charge in [0.25, 0.3) is 5.91 Å². The van der Waals surface area contributed by atoms with Crippen molar-refractivity contribution in [2.75, 3.05) is 18.4 Å². The maximum absolute atomic E-state index is 12.6. The number of carbonyl (C=O) groups excluding carboxylic acids is 1. The molecule has 0 heterocycles. The first-order valence-electron chi connectivity index (χ1n) is 8.81. The fraction of sp³-hybridized carbons (Fsp3) is 0.350. The van der Waals surface area contributed by atoms with Gasteiger partial charge in [0.15, 0.2) is 0 Å². The van der Waals surface area contributed by atoms with Gasteiger partial charge in [-0.15, -0.1) is 0 Å². The minimum Gasteiger partial charge on any atom is -0.322 e. The molecule has 0 saturated heterocycles. The van der Waals surface area contributed by atoms with E-state index in [0.717, 1.165) is 0 Å². The Bertz CT molecular complexity index is 855. The maximum atomic E-state index is 12.6. The van der Waals surface area contributed by atoms with Crippen LogP contribution in [-0.2, 0) is 10.0 Å². The lowest BCUT2D eigenvalue weighted by molar-refractivity contribution is 0.102. The minimum absolute atomic E-state index is 0.129. The molecule has 2 aromatic rings. The second-order valence-electron chi connectivity index (χ2n) is 6.35. The lowest BCUT2D eigenvalue weighted by Crippen LogP contribution is -2.30. The molecule has 0 aromatic heterocycles. The Hall–Kier alpha value is -2.18. The van der Waals surface area contributed by atoms with Crippen LogP contribution in [-0.4, -0.2) is 31.7 Å². The highest BCUT2D eigenvalue weighted by Gasteiger charge is 2.22. The summed E-state index contributed by atoms with van der Waals surface area (Å²) in [4.78, 5) is 12.6. The smallest absolute Gasteiger partial charge is 0.255 e. The third kappa shape index (κ3) is 4.51. The SMILES string of the molecule is CCN(CC)S(=O)(=O)c1cccc(C(=O)Nc2ccc(C(C)C)cc2)c1. The van der Waals surface area contributed by atoms with Crippen LogP contribution in [0.1, 0.15) is 49.5 Å². The predicted molar refractivity (Wildman–Crippen MR) is 105 cm³/mol. The van der Waals surface area contributed by atoms with Gasteiger partial charge in [0.1, 0.15) is 0 Å². The molecule has 0 bridgehead atoms. The van der Waals surface area contributed by atoms with Crippen LogP contribution in [0.5, 0.6) is 0 Å². The summed E-state index contributed by atoms with van der Waals surface area (Å²) in [6.45, 7) is 8.57. The van der Waals surface area contributed by atoms with Gasteiger partial charge in [0, 0.05) is 24.3 Å². The zero-order chi connectivity index (χ0) is 19.3. The fourth-order valence-corrected chi connectivity index (χ4v) is 4.17. The number of sulfonamides is 1. The molecule has 5 nitrogen and oxygen atoms in total. The molecule has 0 saturated carbocycles. The number of anilines is 1. The first-order valence-corrected chi connectivity index (χ1v) is 10.2. The van der Waals surface area contributed by atoms with Crippen LogP contribution >= 0.6 is 0 Å². The van der Waals surface area contributed by atoms with Gasteiger partial charge >= 0.3 is 0 Å². The summed E-state index contributed by atoms with van der Waals surface area (Å²) in [5, 5.41) is 2.81. The Morgan fingerprint density at radius 2 is 1.65 bits per heavy atom. The van der Waals surface area contributed by atoms with Crippen molar-refractivity contribution in [2.45, 2.75) is 38.5 Å². The average molecular weight is 375 g/mol. The van der Waals surface area contributed by atoms with E-state index in [1.807, 2.05) is 24.3 Å². The normalized spacial score (nSPS) is 11.8. The molecule has 0 aliphatic rings. The van der Waals surface area contributed by atoms with E-state index in [4.69, 9.17) is 0 Å². The number of carbonyl (C=O) groups is 1. The second-order valence-corrected chi connectivity index (χ2v) is 8.29. The van der Waals surface area contributed by atoms with Crippen molar-refractivity contribution in [1.82, 2.24) is 4.31 Å². The van der Waals surface area contributed by atoms with Gasteiger partial charge in [-0.05, 0) is 41.8 Å². The van der Waals surface area contributed by atoms with Crippen molar-refractivity contribution in [2.24, 2.45) is 0 Å². The van der Waals surface area contributed by atoms with E-state index in [0.29, 0.717) is 30.3 Å². The third-order valence-electron chi connectivity index (χ3n) is 4.27. The van der Waals surface area contributed by atoms with E-state index < -0.39 is 10.0 Å². The number of rotatable bonds is 7. The van der Waals surface area contributed by atoms with Gasteiger partial charge < -0.3 is 5.32 Å². The highest BCUT2D eigenvalue weighted by molar-refractivity contribution is 7.89. The van der Waals surface area contributed by atoms with E-state index in [9.17, 15) is 13.2 Å². The quantitative estimate of drug-likeness (QED) is 0.794. The molecule has 0 spiro atoms. The van der Waals surface area contributed by atoms with Crippen LogP contribution in [0.15, 0.2) is 53.4 Å². The van der Waals surface area contributed by atoms with Crippen LogP contribution < -0.4 is 5.32 Å². The molecule has 1 N–H and O–H groups in total. The van der Waals surface area contributed by atoms with Gasteiger partial charge in [-0.2, -0.15) is 4.31 Å². The van der Waals surface area contributed by atoms with E-state index >= 15 is 0 Å². The molecule has 26 heavy (non-hydrogen) atoms. The van der Waals surface area contributed by atoms with Crippen LogP contribution in [0.2, 0.25) is 0 Å². The van der Waals surface area contributed by atoms with Crippen molar-refractivity contribution in [3.63, 3.8) is 0 Å². The monoisotopic (exact) mass is 374 g/mol. The summed E-state index contributed by atoms with van der Waals surface area (Å²) in [5.41, 5.74) is 2.18. The summed E-state index contributed by atoms with van der Waals surface area (Å²) >= 11 is 0. The summed E-state index contributed by atoms with van der Waals surface area (Å²) in [5.74, 6) is 0.0839. The highest BCUT2D eigenvalue weighted by atomic mass is 32.2. The molecule has 140 valence electrons. The molecule has 0 atom stereocenters. The van der Waals surface area contributed by atoms with Crippen molar-refractivity contribution in [3.8, 4) is 0 Å². The molecular formula is C20H26N2O3S. The molecule has 2 aromatic carbocycles. The zero-order valence-corrected chi connectivity index (χ0v) is 16.5. The predicted octanol–water partition coefficient (Wildman–Crippen LogP) is 4.09. The maximum Gasteiger partial charge on any atom is 0.255 e. The molecule has 1 amide bonds. The zero-order valence-electron chi connectivity index (χ0n) is 15.7. The van der Waals surface area contributed by atoms with E-state index in [-0.39, 0.29) is 10.8 Å². The number of amides is 1. The van der Waals surface area contributed by atoms with Gasteiger partial charge in [-0.25, -0.2) is 8.42 Å². The lowest BCUT2D eigenvalue weighted by atomic mass is 10.0. The van der Waals surface area contributed by atoms with E-state index in [1.165, 1.54) is 22.0 Å². The Morgan fingerprint density at radius 3 is 2.19 bits per heavy atom. The van der Waals surface area contributed by atoms with Crippen LogP contribution in [0.4, 0.5) is 5.69 Å². The van der Waals surface area contributed by atoms with Gasteiger partial charge in [0.05, 0.1) is 4.90 Å². The Labute approximate surface area is 156 Å². The van der Waals surface area contributed by atoms with Crippen molar-refractivity contribution >= 4 is 21.6 Å². The fourth-order valence-electron chi connectivity index (χ4n) is 2.67. The molecule has 0 radical (unpaired) electrons. The standard InChI is InChI=1S/C20H26N2O3S/c1-5-22(6-2)26(24,25)19-9-7-8-17(14-19)20(23)21-18-12-10-16(11-13-18)15(3)4/h7-15H,5-6H2,1-4H3,(H,21,23). The Morgan fingerprint density at radius 1 is 1.04 bits per heavy atom. The lowest BCUT2D eigenvalue weighted by Gasteiger charge is -2.18. The summed E-state index contributed by atoms with van der Waals surface area (Å²) in [6.07, 6.45) is 0. The molecule has 0 fully saturated rings. The first-order chi connectivity index (χ1) is 12.3. The number of nitrogens with zero attached hydrogens (tertiary/aromatic N) is 1. The second kappa shape index (κ2) is 8.47. The van der Waals surface area contributed by atoms with E-state index in [1.54, 1.807) is 26.0 Å². The van der Waals surface area contributed by atoms with Crippen molar-refractivity contribution in [1.29, 1.82) is 0 Å². The number of nitrogens with one attached hydrogen (secondary N) is 1. The highest BCUT2D eigenvalue weighted by Crippen LogP contribution is 2.20. The first kappa shape index (κ1) is 20.1. The largest absolute Gasteiger partial charge is 0.322 e. The van der Waals surface area contributed by atoms with Gasteiger partial charge in [-0.1, -0.05) is 45.9 Å². The van der Waals surface area contributed by atoms with Gasteiger partial charge in [-0.3, -0.25) is 4.79 Å². The molecule has 0 unspecified atom stereocenters. The van der Waals surface area contributed by atoms with Crippen molar-refractivity contribution in [3.05, 3.63) is 59.7 Å². The molecule has 6 heteroatoms. The summed E-state index contributed by atoms with van der Waals surface area (Å²) < 4.78 is 26.6. The summed E-state index contributed by atoms with van der Waals surface area (Å²) in [7, 11) is -3.59. The molecule has 0 aliphatic heterocycles. The number of benzene rings is 2. The minimum atomic E-state index is -3.59. The Balaban J connectivity index is 2.22. The number of hydrogen-bond acceptors (Lipinski definition) is 3.